The van der Waals surface area contributed by atoms with Crippen molar-refractivity contribution in [2.75, 3.05) is 25.2 Å². The van der Waals surface area contributed by atoms with E-state index >= 15 is 0 Å². The maximum Gasteiger partial charge on any atom is 0.259 e. The fourth-order valence-electron chi connectivity index (χ4n) is 3.54. The van der Waals surface area contributed by atoms with Gasteiger partial charge in [0.1, 0.15) is 0 Å². The average Bonchev–Trinajstić information content (AvgIpc) is 2.90. The minimum absolute atomic E-state index is 0.0676. The van der Waals surface area contributed by atoms with Crippen LogP contribution in [0.15, 0.2) is 76.5 Å². The molecular weight excluding hydrogens is 408 g/mol. The zero-order chi connectivity index (χ0) is 21.8. The third-order valence-electron chi connectivity index (χ3n) is 5.28. The van der Waals surface area contributed by atoms with Crippen molar-refractivity contribution in [3.05, 3.63) is 89.0 Å². The Balaban J connectivity index is 1.77. The van der Waals surface area contributed by atoms with E-state index in [-0.39, 0.29) is 11.8 Å². The van der Waals surface area contributed by atoms with Gasteiger partial charge in [0.2, 0.25) is 0 Å². The van der Waals surface area contributed by atoms with Gasteiger partial charge in [0, 0.05) is 29.0 Å². The highest BCUT2D eigenvalue weighted by atomic mass is 32.2. The second-order valence-corrected chi connectivity index (χ2v) is 8.43. The van der Waals surface area contributed by atoms with Gasteiger partial charge >= 0.3 is 0 Å². The van der Waals surface area contributed by atoms with E-state index in [4.69, 9.17) is 4.74 Å². The fourth-order valence-corrected chi connectivity index (χ4v) is 4.60. The van der Waals surface area contributed by atoms with Gasteiger partial charge in [-0.05, 0) is 48.4 Å². The van der Waals surface area contributed by atoms with Crippen LogP contribution in [0.4, 0.5) is 5.69 Å². The van der Waals surface area contributed by atoms with E-state index < -0.39 is 0 Å². The lowest BCUT2D eigenvalue weighted by atomic mass is 10.1. The second kappa shape index (κ2) is 9.37. The minimum Gasteiger partial charge on any atom is -0.383 e. The molecule has 3 aromatic rings. The van der Waals surface area contributed by atoms with Crippen LogP contribution in [0.3, 0.4) is 0 Å². The summed E-state index contributed by atoms with van der Waals surface area (Å²) in [6, 6.07) is 21.2. The number of benzene rings is 3. The Labute approximate surface area is 186 Å². The molecule has 1 heterocycles. The van der Waals surface area contributed by atoms with Crippen molar-refractivity contribution in [1.82, 2.24) is 5.32 Å². The number of aryl methyl sites for hydroxylation is 1. The van der Waals surface area contributed by atoms with Gasteiger partial charge < -0.3 is 15.0 Å². The molecule has 3 aromatic carbocycles. The predicted molar refractivity (Wildman–Crippen MR) is 123 cm³/mol. The van der Waals surface area contributed by atoms with Gasteiger partial charge in [-0.15, -0.1) is 0 Å². The number of carbonyl (C=O) groups is 2. The van der Waals surface area contributed by atoms with Crippen molar-refractivity contribution in [3.8, 4) is 0 Å². The minimum atomic E-state index is -0.185. The number of amides is 2. The second-order valence-electron chi connectivity index (χ2n) is 7.35. The maximum absolute atomic E-state index is 13.6. The van der Waals surface area contributed by atoms with Crippen LogP contribution in [-0.4, -0.2) is 32.1 Å². The molecule has 0 radical (unpaired) electrons. The number of methoxy groups -OCH3 is 1. The van der Waals surface area contributed by atoms with Crippen LogP contribution in [0, 0.1) is 6.92 Å². The van der Waals surface area contributed by atoms with Gasteiger partial charge in [-0.25, -0.2) is 0 Å². The first-order valence-electron chi connectivity index (χ1n) is 10.1. The van der Waals surface area contributed by atoms with Crippen LogP contribution >= 0.6 is 11.8 Å². The summed E-state index contributed by atoms with van der Waals surface area (Å²) in [6.45, 7) is 3.35. The Kier molecular flexibility index (Phi) is 6.39. The summed E-state index contributed by atoms with van der Waals surface area (Å²) in [5, 5.41) is 2.85. The number of nitrogens with zero attached hydrogens (tertiary/aromatic N) is 1. The quantitative estimate of drug-likeness (QED) is 0.575. The number of nitrogens with one attached hydrogen (secondary N) is 1. The summed E-state index contributed by atoms with van der Waals surface area (Å²) in [5.74, 6) is -0.253. The normalized spacial score (nSPS) is 12.7. The van der Waals surface area contributed by atoms with Crippen molar-refractivity contribution in [1.29, 1.82) is 0 Å². The molecule has 0 bridgehead atoms. The standard InChI is InChI=1S/C25H24N2O3S/c1-17-7-3-4-8-19(17)16-27-21-15-18(24(28)26-13-14-30-2)11-12-23(21)31-22-10-6-5-9-20(22)25(27)29/h3-12,15H,13-14,16H2,1-2H3,(H,26,28). The van der Waals surface area contributed by atoms with E-state index in [2.05, 4.69) is 5.32 Å². The summed E-state index contributed by atoms with van der Waals surface area (Å²) in [4.78, 5) is 29.9. The summed E-state index contributed by atoms with van der Waals surface area (Å²) in [7, 11) is 1.60. The molecule has 4 rings (SSSR count). The van der Waals surface area contributed by atoms with Crippen molar-refractivity contribution < 1.29 is 14.3 Å². The van der Waals surface area contributed by atoms with E-state index in [9.17, 15) is 9.59 Å². The molecule has 0 spiro atoms. The van der Waals surface area contributed by atoms with E-state index in [0.717, 1.165) is 26.6 Å². The number of hydrogen-bond donors (Lipinski definition) is 1. The summed E-state index contributed by atoms with van der Waals surface area (Å²) in [6.07, 6.45) is 0. The molecule has 0 fully saturated rings. The number of hydrogen-bond acceptors (Lipinski definition) is 4. The van der Waals surface area contributed by atoms with E-state index in [1.165, 1.54) is 0 Å². The number of rotatable bonds is 6. The monoisotopic (exact) mass is 432 g/mol. The van der Waals surface area contributed by atoms with Crippen molar-refractivity contribution in [2.45, 2.75) is 23.3 Å². The zero-order valence-corrected chi connectivity index (χ0v) is 18.4. The van der Waals surface area contributed by atoms with Crippen LogP contribution in [0.25, 0.3) is 0 Å². The molecule has 1 aliphatic heterocycles. The Morgan fingerprint density at radius 1 is 1.03 bits per heavy atom. The van der Waals surface area contributed by atoms with Crippen LogP contribution in [0.2, 0.25) is 0 Å². The van der Waals surface area contributed by atoms with Gasteiger partial charge in [-0.3, -0.25) is 9.59 Å². The predicted octanol–water partition coefficient (Wildman–Crippen LogP) is 4.68. The number of carbonyl (C=O) groups excluding carboxylic acids is 2. The molecule has 0 saturated heterocycles. The highest BCUT2D eigenvalue weighted by Crippen LogP contribution is 2.42. The number of ether oxygens (including phenoxy) is 1. The van der Waals surface area contributed by atoms with Crippen LogP contribution in [-0.2, 0) is 11.3 Å². The van der Waals surface area contributed by atoms with Crippen LogP contribution in [0.1, 0.15) is 31.8 Å². The first kappa shape index (κ1) is 21.2. The lowest BCUT2D eigenvalue weighted by molar-refractivity contribution is 0.0934. The molecule has 31 heavy (non-hydrogen) atoms. The largest absolute Gasteiger partial charge is 0.383 e. The Hall–Kier alpha value is -3.09. The molecule has 1 aliphatic rings. The topological polar surface area (TPSA) is 58.6 Å². The molecule has 0 aromatic heterocycles. The first-order valence-corrected chi connectivity index (χ1v) is 10.9. The Morgan fingerprint density at radius 3 is 2.61 bits per heavy atom. The van der Waals surface area contributed by atoms with Gasteiger partial charge in [0.15, 0.2) is 0 Å². The fraction of sp³-hybridized carbons (Fsp3) is 0.200. The smallest absolute Gasteiger partial charge is 0.259 e. The number of anilines is 1. The van der Waals surface area contributed by atoms with E-state index in [1.807, 2.05) is 67.6 Å². The molecule has 0 saturated carbocycles. The maximum atomic E-state index is 13.6. The van der Waals surface area contributed by atoms with E-state index in [0.29, 0.717) is 30.8 Å². The Morgan fingerprint density at radius 2 is 1.81 bits per heavy atom. The third-order valence-corrected chi connectivity index (χ3v) is 6.42. The van der Waals surface area contributed by atoms with Crippen molar-refractivity contribution >= 4 is 29.3 Å². The van der Waals surface area contributed by atoms with Gasteiger partial charge in [0.25, 0.3) is 11.8 Å². The Bertz CT molecular complexity index is 1130. The number of fused-ring (bicyclic) bond motifs is 2. The van der Waals surface area contributed by atoms with E-state index in [1.54, 1.807) is 29.8 Å². The third kappa shape index (κ3) is 4.50. The van der Waals surface area contributed by atoms with Gasteiger partial charge in [-0.2, -0.15) is 0 Å². The summed E-state index contributed by atoms with van der Waals surface area (Å²) in [5.41, 5.74) is 4.12. The SMILES string of the molecule is COCCNC(=O)c1ccc2c(c1)N(Cc1ccccc1C)C(=O)c1ccccc1S2. The molecule has 5 nitrogen and oxygen atoms in total. The highest BCUT2D eigenvalue weighted by molar-refractivity contribution is 7.99. The lowest BCUT2D eigenvalue weighted by Gasteiger charge is -2.24. The highest BCUT2D eigenvalue weighted by Gasteiger charge is 2.28. The molecule has 0 atom stereocenters. The molecule has 0 aliphatic carbocycles. The van der Waals surface area contributed by atoms with Crippen LogP contribution in [0.5, 0.6) is 0 Å². The molecular formula is C25H24N2O3S. The van der Waals surface area contributed by atoms with Crippen LogP contribution < -0.4 is 10.2 Å². The summed E-state index contributed by atoms with van der Waals surface area (Å²) < 4.78 is 5.01. The molecule has 0 unspecified atom stereocenters. The average molecular weight is 433 g/mol. The van der Waals surface area contributed by atoms with Crippen molar-refractivity contribution in [2.24, 2.45) is 0 Å². The zero-order valence-electron chi connectivity index (χ0n) is 17.6. The first-order chi connectivity index (χ1) is 15.1. The molecule has 2 amide bonds. The van der Waals surface area contributed by atoms with Gasteiger partial charge in [-0.1, -0.05) is 48.2 Å². The molecule has 6 heteroatoms. The lowest BCUT2D eigenvalue weighted by Crippen LogP contribution is -2.31. The summed E-state index contributed by atoms with van der Waals surface area (Å²) >= 11 is 1.55. The molecule has 1 N–H and O–H groups in total. The van der Waals surface area contributed by atoms with Gasteiger partial charge in [0.05, 0.1) is 24.4 Å². The molecule has 158 valence electrons. The van der Waals surface area contributed by atoms with Crippen molar-refractivity contribution in [3.63, 3.8) is 0 Å².